The average molecular weight is 270 g/mol. The molecule has 0 unspecified atom stereocenters. The van der Waals surface area contributed by atoms with Crippen molar-refractivity contribution in [1.29, 1.82) is 0 Å². The van der Waals surface area contributed by atoms with Crippen LogP contribution in [0, 0.1) is 12.7 Å². The summed E-state index contributed by atoms with van der Waals surface area (Å²) in [5.74, 6) is -0.731. The Balaban J connectivity index is 2.35. The van der Waals surface area contributed by atoms with Crippen molar-refractivity contribution < 1.29 is 22.3 Å². The van der Waals surface area contributed by atoms with Gasteiger partial charge in [0.2, 0.25) is 0 Å². The first-order chi connectivity index (χ1) is 8.85. The summed E-state index contributed by atoms with van der Waals surface area (Å²) >= 11 is 0. The second kappa shape index (κ2) is 4.91. The van der Waals surface area contributed by atoms with Crippen molar-refractivity contribution >= 4 is 0 Å². The second-order valence-corrected chi connectivity index (χ2v) is 4.04. The Morgan fingerprint density at radius 3 is 2.26 bits per heavy atom. The Morgan fingerprint density at radius 1 is 0.947 bits per heavy atom. The van der Waals surface area contributed by atoms with Crippen molar-refractivity contribution in [1.82, 2.24) is 0 Å². The van der Waals surface area contributed by atoms with Crippen molar-refractivity contribution in [2.75, 3.05) is 0 Å². The topological polar surface area (TPSA) is 9.23 Å². The summed E-state index contributed by atoms with van der Waals surface area (Å²) in [6, 6.07) is 9.93. The highest BCUT2D eigenvalue weighted by Crippen LogP contribution is 2.28. The van der Waals surface area contributed by atoms with E-state index in [1.807, 2.05) is 0 Å². The van der Waals surface area contributed by atoms with E-state index in [1.165, 1.54) is 24.3 Å². The Hall–Kier alpha value is -2.04. The molecule has 0 aromatic heterocycles. The molecule has 0 N–H and O–H groups in total. The van der Waals surface area contributed by atoms with Gasteiger partial charge in [-0.1, -0.05) is 24.3 Å². The molecular formula is C14H10F4O. The quantitative estimate of drug-likeness (QED) is 0.719. The number of benzene rings is 2. The highest BCUT2D eigenvalue weighted by molar-refractivity contribution is 5.65. The van der Waals surface area contributed by atoms with Crippen molar-refractivity contribution in [3.05, 3.63) is 53.8 Å². The lowest BCUT2D eigenvalue weighted by Gasteiger charge is -2.10. The molecule has 0 bridgehead atoms. The minimum atomic E-state index is -4.74. The molecule has 5 heteroatoms. The number of hydrogen-bond donors (Lipinski definition) is 0. The first-order valence-corrected chi connectivity index (χ1v) is 5.47. The van der Waals surface area contributed by atoms with Gasteiger partial charge in [-0.3, -0.25) is 0 Å². The van der Waals surface area contributed by atoms with E-state index in [2.05, 4.69) is 4.74 Å². The summed E-state index contributed by atoms with van der Waals surface area (Å²) in [5, 5.41) is 0. The number of alkyl halides is 3. The molecule has 0 saturated carbocycles. The Morgan fingerprint density at radius 2 is 1.63 bits per heavy atom. The van der Waals surface area contributed by atoms with Gasteiger partial charge in [-0.15, -0.1) is 13.2 Å². The third kappa shape index (κ3) is 3.47. The molecular weight excluding hydrogens is 260 g/mol. The molecule has 0 atom stereocenters. The van der Waals surface area contributed by atoms with Gasteiger partial charge in [-0.2, -0.15) is 0 Å². The lowest BCUT2D eigenvalue weighted by molar-refractivity contribution is -0.274. The van der Waals surface area contributed by atoms with Crippen LogP contribution in [-0.4, -0.2) is 6.36 Å². The molecule has 100 valence electrons. The molecule has 1 nitrogen and oxygen atoms in total. The van der Waals surface area contributed by atoms with E-state index in [0.717, 1.165) is 0 Å². The first kappa shape index (κ1) is 13.4. The van der Waals surface area contributed by atoms with Crippen molar-refractivity contribution in [2.45, 2.75) is 13.3 Å². The molecule has 2 rings (SSSR count). The highest BCUT2D eigenvalue weighted by Gasteiger charge is 2.31. The Labute approximate surface area is 107 Å². The molecule has 2 aromatic carbocycles. The van der Waals surface area contributed by atoms with E-state index >= 15 is 0 Å². The van der Waals surface area contributed by atoms with Gasteiger partial charge in [0, 0.05) is 0 Å². The highest BCUT2D eigenvalue weighted by atomic mass is 19.4. The number of ether oxygens (including phenoxy) is 1. The predicted molar refractivity (Wildman–Crippen MR) is 63.3 cm³/mol. The molecule has 0 heterocycles. The predicted octanol–water partition coefficient (Wildman–Crippen LogP) is 4.70. The lowest BCUT2D eigenvalue weighted by atomic mass is 10.0. The maximum atomic E-state index is 13.4. The summed E-state index contributed by atoms with van der Waals surface area (Å²) in [6.07, 6.45) is -4.74. The van der Waals surface area contributed by atoms with Crippen molar-refractivity contribution in [2.24, 2.45) is 0 Å². The summed E-state index contributed by atoms with van der Waals surface area (Å²) in [6.45, 7) is 1.61. The first-order valence-electron chi connectivity index (χ1n) is 5.47. The van der Waals surface area contributed by atoms with Crippen LogP contribution in [0.25, 0.3) is 11.1 Å². The second-order valence-electron chi connectivity index (χ2n) is 4.04. The van der Waals surface area contributed by atoms with E-state index < -0.39 is 12.2 Å². The normalized spacial score (nSPS) is 11.4. The van der Waals surface area contributed by atoms with Crippen LogP contribution in [0.1, 0.15) is 5.56 Å². The van der Waals surface area contributed by atoms with Crippen LogP contribution in [0.4, 0.5) is 17.6 Å². The van der Waals surface area contributed by atoms with Gasteiger partial charge in [-0.05, 0) is 41.8 Å². The molecule has 0 aliphatic heterocycles. The van der Waals surface area contributed by atoms with E-state index in [9.17, 15) is 17.6 Å². The van der Waals surface area contributed by atoms with Crippen LogP contribution >= 0.6 is 0 Å². The fourth-order valence-electron chi connectivity index (χ4n) is 1.65. The third-order valence-electron chi connectivity index (χ3n) is 2.57. The van der Waals surface area contributed by atoms with Crippen LogP contribution in [0.2, 0.25) is 0 Å². The maximum Gasteiger partial charge on any atom is 0.573 e. The van der Waals surface area contributed by atoms with Crippen LogP contribution < -0.4 is 4.74 Å². The molecule has 0 saturated heterocycles. The summed E-state index contributed by atoms with van der Waals surface area (Å²) in [4.78, 5) is 0. The number of aryl methyl sites for hydroxylation is 1. The standard InChI is InChI=1S/C14H10F4O/c1-9-5-6-11(8-13(9)15)10-3-2-4-12(7-10)19-14(16,17)18/h2-8H,1H3. The van der Waals surface area contributed by atoms with Crippen molar-refractivity contribution in [3.8, 4) is 16.9 Å². The van der Waals surface area contributed by atoms with Gasteiger partial charge < -0.3 is 4.74 Å². The van der Waals surface area contributed by atoms with Gasteiger partial charge in [-0.25, -0.2) is 4.39 Å². The molecule has 0 aliphatic rings. The molecule has 19 heavy (non-hydrogen) atoms. The molecule has 0 amide bonds. The van der Waals surface area contributed by atoms with Crippen LogP contribution in [-0.2, 0) is 0 Å². The summed E-state index contributed by atoms with van der Waals surface area (Å²) in [5.41, 5.74) is 1.43. The summed E-state index contributed by atoms with van der Waals surface area (Å²) in [7, 11) is 0. The number of rotatable bonds is 2. The van der Waals surface area contributed by atoms with E-state index in [0.29, 0.717) is 16.7 Å². The van der Waals surface area contributed by atoms with Gasteiger partial charge in [0.25, 0.3) is 0 Å². The number of hydrogen-bond acceptors (Lipinski definition) is 1. The largest absolute Gasteiger partial charge is 0.573 e. The van der Waals surface area contributed by atoms with E-state index in [4.69, 9.17) is 0 Å². The minimum absolute atomic E-state index is 0.328. The zero-order valence-electron chi connectivity index (χ0n) is 9.96. The average Bonchev–Trinajstić information content (AvgIpc) is 2.31. The monoisotopic (exact) mass is 270 g/mol. The molecule has 0 radical (unpaired) electrons. The lowest BCUT2D eigenvalue weighted by Crippen LogP contribution is -2.17. The van der Waals surface area contributed by atoms with Crippen LogP contribution in [0.5, 0.6) is 5.75 Å². The number of halogens is 4. The molecule has 0 fully saturated rings. The third-order valence-corrected chi connectivity index (χ3v) is 2.57. The van der Waals surface area contributed by atoms with E-state index in [-0.39, 0.29) is 5.75 Å². The summed E-state index contributed by atoms with van der Waals surface area (Å²) < 4.78 is 53.6. The van der Waals surface area contributed by atoms with E-state index in [1.54, 1.807) is 25.1 Å². The zero-order chi connectivity index (χ0) is 14.0. The van der Waals surface area contributed by atoms with Gasteiger partial charge >= 0.3 is 6.36 Å². The minimum Gasteiger partial charge on any atom is -0.406 e. The fraction of sp³-hybridized carbons (Fsp3) is 0.143. The molecule has 0 aliphatic carbocycles. The van der Waals surface area contributed by atoms with Crippen LogP contribution in [0.15, 0.2) is 42.5 Å². The molecule has 2 aromatic rings. The molecule has 0 spiro atoms. The van der Waals surface area contributed by atoms with Crippen molar-refractivity contribution in [3.63, 3.8) is 0 Å². The van der Waals surface area contributed by atoms with Gasteiger partial charge in [0.15, 0.2) is 0 Å². The maximum absolute atomic E-state index is 13.4. The van der Waals surface area contributed by atoms with Crippen LogP contribution in [0.3, 0.4) is 0 Å². The SMILES string of the molecule is Cc1ccc(-c2cccc(OC(F)(F)F)c2)cc1F. The Bertz CT molecular complexity index is 590. The fourth-order valence-corrected chi connectivity index (χ4v) is 1.65. The van der Waals surface area contributed by atoms with Gasteiger partial charge in [0.1, 0.15) is 11.6 Å². The zero-order valence-corrected chi connectivity index (χ0v) is 9.96. The Kier molecular flexibility index (Phi) is 3.46. The van der Waals surface area contributed by atoms with Gasteiger partial charge in [0.05, 0.1) is 0 Å². The smallest absolute Gasteiger partial charge is 0.406 e.